The molecule has 1 heterocycles. The van der Waals surface area contributed by atoms with E-state index in [0.717, 1.165) is 30.4 Å². The molecule has 1 atom stereocenters. The highest BCUT2D eigenvalue weighted by Crippen LogP contribution is 2.32. The van der Waals surface area contributed by atoms with Crippen LogP contribution in [0.25, 0.3) is 0 Å². The molecule has 1 fully saturated rings. The zero-order chi connectivity index (χ0) is 11.4. The molecule has 0 aromatic carbocycles. The Hall–Kier alpha value is -0.800. The highest BCUT2D eigenvalue weighted by Gasteiger charge is 2.21. The van der Waals surface area contributed by atoms with Crippen molar-refractivity contribution in [1.29, 1.82) is 0 Å². The molecule has 90 valence electrons. The number of rotatable bonds is 7. The van der Waals surface area contributed by atoms with E-state index in [1.807, 2.05) is 12.1 Å². The molecule has 1 aromatic heterocycles. The van der Waals surface area contributed by atoms with Crippen molar-refractivity contribution in [3.8, 4) is 0 Å². The van der Waals surface area contributed by atoms with E-state index in [0.29, 0.717) is 6.54 Å². The van der Waals surface area contributed by atoms with Crippen LogP contribution in [0.1, 0.15) is 43.7 Å². The first-order chi connectivity index (χ1) is 7.83. The maximum Gasteiger partial charge on any atom is 0.122 e. The van der Waals surface area contributed by atoms with Gasteiger partial charge in [-0.05, 0) is 31.0 Å². The molecule has 3 heteroatoms. The number of hydrogen-bond acceptors (Lipinski definition) is 3. The zero-order valence-electron chi connectivity index (χ0n) is 10.0. The third-order valence-electron chi connectivity index (χ3n) is 3.25. The minimum Gasteiger partial charge on any atom is -0.464 e. The van der Waals surface area contributed by atoms with Gasteiger partial charge in [-0.2, -0.15) is 0 Å². The minimum atomic E-state index is 0.180. The second kappa shape index (κ2) is 5.51. The van der Waals surface area contributed by atoms with E-state index in [-0.39, 0.29) is 6.04 Å². The summed E-state index contributed by atoms with van der Waals surface area (Å²) in [6.07, 6.45) is 5.04. The van der Waals surface area contributed by atoms with Gasteiger partial charge < -0.3 is 15.5 Å². The van der Waals surface area contributed by atoms with Crippen LogP contribution in [-0.4, -0.2) is 13.1 Å². The highest BCUT2D eigenvalue weighted by atomic mass is 16.3. The Morgan fingerprint density at radius 2 is 2.31 bits per heavy atom. The lowest BCUT2D eigenvalue weighted by atomic mass is 10.2. The fraction of sp³-hybridized carbons (Fsp3) is 0.692. The lowest BCUT2D eigenvalue weighted by Gasteiger charge is -2.14. The first-order valence-electron chi connectivity index (χ1n) is 6.35. The Morgan fingerprint density at radius 3 is 2.88 bits per heavy atom. The molecular formula is C13H22N2O. The van der Waals surface area contributed by atoms with Crippen molar-refractivity contribution in [2.75, 3.05) is 13.1 Å². The molecule has 3 N–H and O–H groups in total. The van der Waals surface area contributed by atoms with Crippen molar-refractivity contribution < 1.29 is 4.42 Å². The monoisotopic (exact) mass is 222 g/mol. The summed E-state index contributed by atoms with van der Waals surface area (Å²) in [5, 5.41) is 3.48. The molecule has 1 aliphatic rings. The van der Waals surface area contributed by atoms with Crippen molar-refractivity contribution in [1.82, 2.24) is 5.32 Å². The Labute approximate surface area is 97.4 Å². The molecule has 0 saturated heterocycles. The average Bonchev–Trinajstić information content (AvgIpc) is 3.01. The van der Waals surface area contributed by atoms with Crippen LogP contribution in [-0.2, 0) is 6.42 Å². The molecule has 0 aliphatic heterocycles. The van der Waals surface area contributed by atoms with Gasteiger partial charge in [-0.1, -0.05) is 19.8 Å². The predicted octanol–water partition coefficient (Wildman–Crippen LogP) is 2.23. The molecule has 1 saturated carbocycles. The second-order valence-corrected chi connectivity index (χ2v) is 4.63. The highest BCUT2D eigenvalue weighted by molar-refractivity contribution is 5.11. The van der Waals surface area contributed by atoms with E-state index in [9.17, 15) is 0 Å². The maximum atomic E-state index is 5.77. The Kier molecular flexibility index (Phi) is 4.02. The van der Waals surface area contributed by atoms with Crippen LogP contribution in [0.4, 0.5) is 0 Å². The first-order valence-corrected chi connectivity index (χ1v) is 6.35. The van der Waals surface area contributed by atoms with Crippen LogP contribution in [0.2, 0.25) is 0 Å². The van der Waals surface area contributed by atoms with Crippen molar-refractivity contribution in [3.63, 3.8) is 0 Å². The van der Waals surface area contributed by atoms with Gasteiger partial charge in [-0.25, -0.2) is 0 Å². The molecular weight excluding hydrogens is 200 g/mol. The zero-order valence-corrected chi connectivity index (χ0v) is 10.0. The largest absolute Gasteiger partial charge is 0.464 e. The number of nitrogens with two attached hydrogens (primary N) is 1. The van der Waals surface area contributed by atoms with Crippen molar-refractivity contribution in [2.45, 2.75) is 38.6 Å². The number of hydrogen-bond donors (Lipinski definition) is 2. The van der Waals surface area contributed by atoms with E-state index >= 15 is 0 Å². The molecule has 16 heavy (non-hydrogen) atoms. The Bertz CT molecular complexity index is 317. The van der Waals surface area contributed by atoms with Crippen molar-refractivity contribution >= 4 is 0 Å². The maximum absolute atomic E-state index is 5.77. The predicted molar refractivity (Wildman–Crippen MR) is 65.2 cm³/mol. The summed E-state index contributed by atoms with van der Waals surface area (Å²) in [5.74, 6) is 2.99. The quantitative estimate of drug-likeness (QED) is 0.744. The summed E-state index contributed by atoms with van der Waals surface area (Å²) in [6, 6.07) is 4.26. The first kappa shape index (κ1) is 11.7. The lowest BCUT2D eigenvalue weighted by Crippen LogP contribution is -2.28. The van der Waals surface area contributed by atoms with Gasteiger partial charge in [0.25, 0.3) is 0 Å². The smallest absolute Gasteiger partial charge is 0.122 e. The summed E-state index contributed by atoms with van der Waals surface area (Å²) in [7, 11) is 0. The van der Waals surface area contributed by atoms with Crippen LogP contribution in [0, 0.1) is 5.92 Å². The van der Waals surface area contributed by atoms with Gasteiger partial charge in [0.2, 0.25) is 0 Å². The van der Waals surface area contributed by atoms with Crippen LogP contribution < -0.4 is 11.1 Å². The molecule has 1 aliphatic carbocycles. The number of aryl methyl sites for hydroxylation is 1. The van der Waals surface area contributed by atoms with Crippen molar-refractivity contribution in [3.05, 3.63) is 23.7 Å². The Morgan fingerprint density at radius 1 is 1.50 bits per heavy atom. The van der Waals surface area contributed by atoms with Gasteiger partial charge in [-0.15, -0.1) is 0 Å². The number of nitrogens with one attached hydrogen (secondary N) is 1. The van der Waals surface area contributed by atoms with Gasteiger partial charge in [0.05, 0.1) is 6.04 Å². The molecule has 1 unspecified atom stereocenters. The third-order valence-corrected chi connectivity index (χ3v) is 3.25. The third kappa shape index (κ3) is 3.09. The number of furan rings is 1. The van der Waals surface area contributed by atoms with E-state index in [1.165, 1.54) is 19.3 Å². The minimum absolute atomic E-state index is 0.180. The van der Waals surface area contributed by atoms with E-state index < -0.39 is 0 Å². The SMILES string of the molecule is CCc1ccc(C(CN)NCCC2CC2)o1. The molecule has 1 aromatic rings. The Balaban J connectivity index is 1.82. The van der Waals surface area contributed by atoms with Gasteiger partial charge in [0.15, 0.2) is 0 Å². The van der Waals surface area contributed by atoms with Crippen LogP contribution in [0.3, 0.4) is 0 Å². The van der Waals surface area contributed by atoms with Crippen LogP contribution >= 0.6 is 0 Å². The van der Waals surface area contributed by atoms with Gasteiger partial charge in [0.1, 0.15) is 11.5 Å². The summed E-state index contributed by atoms with van der Waals surface area (Å²) < 4.78 is 5.72. The molecule has 3 nitrogen and oxygen atoms in total. The topological polar surface area (TPSA) is 51.2 Å². The van der Waals surface area contributed by atoms with Gasteiger partial charge in [-0.3, -0.25) is 0 Å². The fourth-order valence-electron chi connectivity index (χ4n) is 1.94. The summed E-state index contributed by atoms with van der Waals surface area (Å²) in [6.45, 7) is 3.75. The summed E-state index contributed by atoms with van der Waals surface area (Å²) >= 11 is 0. The van der Waals surface area contributed by atoms with E-state index in [2.05, 4.69) is 12.2 Å². The van der Waals surface area contributed by atoms with E-state index in [1.54, 1.807) is 0 Å². The standard InChI is InChI=1S/C13H22N2O/c1-2-11-5-6-13(16-11)12(9-14)15-8-7-10-3-4-10/h5-6,10,12,15H,2-4,7-9,14H2,1H3. The molecule has 0 spiro atoms. The lowest BCUT2D eigenvalue weighted by molar-refractivity contribution is 0.394. The molecule has 0 amide bonds. The average molecular weight is 222 g/mol. The normalized spacial score (nSPS) is 17.6. The fourth-order valence-corrected chi connectivity index (χ4v) is 1.94. The van der Waals surface area contributed by atoms with E-state index in [4.69, 9.17) is 10.2 Å². The van der Waals surface area contributed by atoms with Crippen molar-refractivity contribution in [2.24, 2.45) is 11.7 Å². The summed E-state index contributed by atoms with van der Waals surface area (Å²) in [5.41, 5.74) is 5.77. The molecule has 0 bridgehead atoms. The van der Waals surface area contributed by atoms with Gasteiger partial charge >= 0.3 is 0 Å². The van der Waals surface area contributed by atoms with Crippen LogP contribution in [0.15, 0.2) is 16.5 Å². The molecule has 0 radical (unpaired) electrons. The summed E-state index contributed by atoms with van der Waals surface area (Å²) in [4.78, 5) is 0. The van der Waals surface area contributed by atoms with Crippen LogP contribution in [0.5, 0.6) is 0 Å². The second-order valence-electron chi connectivity index (χ2n) is 4.63. The molecule has 2 rings (SSSR count). The van der Waals surface area contributed by atoms with Gasteiger partial charge in [0, 0.05) is 13.0 Å².